The van der Waals surface area contributed by atoms with Crippen LogP contribution < -0.4 is 5.32 Å². The van der Waals surface area contributed by atoms with E-state index in [0.717, 1.165) is 16.0 Å². The smallest absolute Gasteiger partial charge is 0.123 e. The summed E-state index contributed by atoms with van der Waals surface area (Å²) in [5.41, 5.74) is 1.80. The summed E-state index contributed by atoms with van der Waals surface area (Å²) in [5.74, 6) is 0. The Hall–Kier alpha value is -0.750. The lowest BCUT2D eigenvalue weighted by Crippen LogP contribution is -2.38. The van der Waals surface area contributed by atoms with Crippen LogP contribution in [0.1, 0.15) is 24.1 Å². The molecular formula is C18H22BrN3S. The third-order valence-electron chi connectivity index (χ3n) is 5.21. The predicted octanol–water partition coefficient (Wildman–Crippen LogP) is 4.15. The first-order chi connectivity index (χ1) is 11.2. The highest BCUT2D eigenvalue weighted by Crippen LogP contribution is 2.39. The van der Waals surface area contributed by atoms with Gasteiger partial charge in [0.1, 0.15) is 5.01 Å². The molecule has 1 spiro atoms. The molecule has 2 aromatic rings. The van der Waals surface area contributed by atoms with Gasteiger partial charge < -0.3 is 5.32 Å². The van der Waals surface area contributed by atoms with E-state index in [4.69, 9.17) is 0 Å². The van der Waals surface area contributed by atoms with E-state index >= 15 is 0 Å². The van der Waals surface area contributed by atoms with Crippen molar-refractivity contribution >= 4 is 27.3 Å². The summed E-state index contributed by atoms with van der Waals surface area (Å²) in [6, 6.07) is 8.43. The van der Waals surface area contributed by atoms with Crippen LogP contribution in [0.5, 0.6) is 0 Å². The normalized spacial score (nSPS) is 21.1. The Labute approximate surface area is 150 Å². The summed E-state index contributed by atoms with van der Waals surface area (Å²) in [5, 5.41) is 4.62. The standard InChI is InChI=1S/C18H22BrN3S/c19-15-3-1-14(2-4-15)17-21-11-16(23-17)12-22-10-7-18(13-22)5-8-20-9-6-18/h1-4,11,20H,5-10,12-13H2. The maximum absolute atomic E-state index is 4.63. The monoisotopic (exact) mass is 391 g/mol. The lowest BCUT2D eigenvalue weighted by atomic mass is 9.78. The molecule has 2 fully saturated rings. The van der Waals surface area contributed by atoms with Crippen LogP contribution in [0, 0.1) is 5.41 Å². The molecule has 3 heterocycles. The lowest BCUT2D eigenvalue weighted by Gasteiger charge is -2.33. The molecule has 0 radical (unpaired) electrons. The van der Waals surface area contributed by atoms with Gasteiger partial charge in [0.15, 0.2) is 0 Å². The quantitative estimate of drug-likeness (QED) is 0.851. The maximum Gasteiger partial charge on any atom is 0.123 e. The molecule has 3 nitrogen and oxygen atoms in total. The van der Waals surface area contributed by atoms with Crippen LogP contribution in [0.25, 0.3) is 10.6 Å². The summed E-state index contributed by atoms with van der Waals surface area (Å²) < 4.78 is 1.11. The van der Waals surface area contributed by atoms with E-state index in [1.165, 1.54) is 55.9 Å². The summed E-state index contributed by atoms with van der Waals surface area (Å²) >= 11 is 5.32. The molecule has 0 aliphatic carbocycles. The molecule has 23 heavy (non-hydrogen) atoms. The van der Waals surface area contributed by atoms with E-state index in [0.29, 0.717) is 5.41 Å². The number of hydrogen-bond acceptors (Lipinski definition) is 4. The second-order valence-corrected chi connectivity index (χ2v) is 8.88. The Bertz CT molecular complexity index is 661. The fraction of sp³-hybridized carbons (Fsp3) is 0.500. The zero-order valence-corrected chi connectivity index (χ0v) is 15.6. The number of aromatic nitrogens is 1. The first-order valence-corrected chi connectivity index (χ1v) is 9.97. The van der Waals surface area contributed by atoms with E-state index in [1.807, 2.05) is 11.3 Å². The first-order valence-electron chi connectivity index (χ1n) is 8.36. The van der Waals surface area contributed by atoms with Gasteiger partial charge >= 0.3 is 0 Å². The molecule has 1 aromatic heterocycles. The second kappa shape index (κ2) is 6.63. The first kappa shape index (κ1) is 15.8. The fourth-order valence-corrected chi connectivity index (χ4v) is 5.08. The van der Waals surface area contributed by atoms with Crippen molar-refractivity contribution in [3.05, 3.63) is 39.8 Å². The molecule has 0 saturated carbocycles. The van der Waals surface area contributed by atoms with Gasteiger partial charge in [-0.1, -0.05) is 28.1 Å². The Balaban J connectivity index is 1.41. The molecule has 5 heteroatoms. The number of nitrogens with one attached hydrogen (secondary N) is 1. The third kappa shape index (κ3) is 3.53. The van der Waals surface area contributed by atoms with Gasteiger partial charge in [-0.15, -0.1) is 11.3 Å². The molecule has 0 atom stereocenters. The molecule has 0 amide bonds. The Kier molecular flexibility index (Phi) is 4.54. The molecular weight excluding hydrogens is 370 g/mol. The number of piperidine rings is 1. The van der Waals surface area contributed by atoms with Crippen molar-refractivity contribution < 1.29 is 0 Å². The van der Waals surface area contributed by atoms with Gasteiger partial charge in [0, 0.05) is 34.2 Å². The van der Waals surface area contributed by atoms with Gasteiger partial charge in [0.05, 0.1) is 0 Å². The van der Waals surface area contributed by atoms with E-state index in [9.17, 15) is 0 Å². The van der Waals surface area contributed by atoms with Crippen molar-refractivity contribution in [3.8, 4) is 10.6 Å². The number of nitrogens with zero attached hydrogens (tertiary/aromatic N) is 2. The SMILES string of the molecule is Brc1ccc(-c2ncc(CN3CCC4(CCNCC4)C3)s2)cc1. The Morgan fingerprint density at radius 2 is 1.96 bits per heavy atom. The summed E-state index contributed by atoms with van der Waals surface area (Å²) in [6.07, 6.45) is 6.12. The van der Waals surface area contributed by atoms with Gasteiger partial charge in [-0.25, -0.2) is 4.98 Å². The molecule has 4 rings (SSSR count). The molecule has 2 aliphatic heterocycles. The minimum Gasteiger partial charge on any atom is -0.317 e. The Morgan fingerprint density at radius 3 is 2.74 bits per heavy atom. The van der Waals surface area contributed by atoms with Gasteiger partial charge in [0.25, 0.3) is 0 Å². The highest BCUT2D eigenvalue weighted by atomic mass is 79.9. The molecule has 0 bridgehead atoms. The largest absolute Gasteiger partial charge is 0.317 e. The number of benzene rings is 1. The minimum absolute atomic E-state index is 0.588. The highest BCUT2D eigenvalue weighted by molar-refractivity contribution is 9.10. The highest BCUT2D eigenvalue weighted by Gasteiger charge is 2.38. The van der Waals surface area contributed by atoms with Crippen LogP contribution >= 0.6 is 27.3 Å². The van der Waals surface area contributed by atoms with Gasteiger partial charge in [-0.2, -0.15) is 0 Å². The van der Waals surface area contributed by atoms with E-state index in [-0.39, 0.29) is 0 Å². The fourth-order valence-electron chi connectivity index (χ4n) is 3.85. The van der Waals surface area contributed by atoms with E-state index in [2.05, 4.69) is 61.6 Å². The van der Waals surface area contributed by atoms with Crippen molar-refractivity contribution in [2.24, 2.45) is 5.41 Å². The number of likely N-dealkylation sites (tertiary alicyclic amines) is 1. The van der Waals surface area contributed by atoms with Crippen molar-refractivity contribution in [3.63, 3.8) is 0 Å². The van der Waals surface area contributed by atoms with Crippen LogP contribution in [0.3, 0.4) is 0 Å². The van der Waals surface area contributed by atoms with Crippen LogP contribution in [0.15, 0.2) is 34.9 Å². The molecule has 1 N–H and O–H groups in total. The number of thiazole rings is 1. The number of rotatable bonds is 3. The lowest BCUT2D eigenvalue weighted by molar-refractivity contribution is 0.194. The number of hydrogen-bond donors (Lipinski definition) is 1. The molecule has 2 aliphatic rings. The summed E-state index contributed by atoms with van der Waals surface area (Å²) in [7, 11) is 0. The summed E-state index contributed by atoms with van der Waals surface area (Å²) in [6.45, 7) is 5.96. The molecule has 0 unspecified atom stereocenters. The van der Waals surface area contributed by atoms with Crippen LogP contribution in [0.2, 0.25) is 0 Å². The summed E-state index contributed by atoms with van der Waals surface area (Å²) in [4.78, 5) is 8.64. The van der Waals surface area contributed by atoms with E-state index in [1.54, 1.807) is 0 Å². The predicted molar refractivity (Wildman–Crippen MR) is 99.7 cm³/mol. The van der Waals surface area contributed by atoms with E-state index < -0.39 is 0 Å². The van der Waals surface area contributed by atoms with Gasteiger partial charge in [-0.05, 0) is 56.4 Å². The Morgan fingerprint density at radius 1 is 1.17 bits per heavy atom. The average Bonchev–Trinajstić information content (AvgIpc) is 3.17. The second-order valence-electron chi connectivity index (χ2n) is 6.85. The molecule has 2 saturated heterocycles. The number of halogens is 1. The topological polar surface area (TPSA) is 28.2 Å². The zero-order valence-electron chi connectivity index (χ0n) is 13.2. The van der Waals surface area contributed by atoms with Crippen molar-refractivity contribution in [1.29, 1.82) is 0 Å². The zero-order chi connectivity index (χ0) is 15.7. The maximum atomic E-state index is 4.63. The van der Waals surface area contributed by atoms with Crippen LogP contribution in [0.4, 0.5) is 0 Å². The van der Waals surface area contributed by atoms with Crippen molar-refractivity contribution in [1.82, 2.24) is 15.2 Å². The molecule has 122 valence electrons. The average molecular weight is 392 g/mol. The van der Waals surface area contributed by atoms with Crippen molar-refractivity contribution in [2.45, 2.75) is 25.8 Å². The minimum atomic E-state index is 0.588. The van der Waals surface area contributed by atoms with Gasteiger partial charge in [0.2, 0.25) is 0 Å². The van der Waals surface area contributed by atoms with Gasteiger partial charge in [-0.3, -0.25) is 4.90 Å². The van der Waals surface area contributed by atoms with Crippen LogP contribution in [-0.4, -0.2) is 36.1 Å². The van der Waals surface area contributed by atoms with Crippen LogP contribution in [-0.2, 0) is 6.54 Å². The van der Waals surface area contributed by atoms with Crippen molar-refractivity contribution in [2.75, 3.05) is 26.2 Å². The third-order valence-corrected chi connectivity index (χ3v) is 6.77. The molecule has 1 aromatic carbocycles.